The highest BCUT2D eigenvalue weighted by molar-refractivity contribution is 5.69. The Kier molecular flexibility index (Phi) is 27.0. The summed E-state index contributed by atoms with van der Waals surface area (Å²) in [5.74, 6) is 0.00551. The summed E-state index contributed by atoms with van der Waals surface area (Å²) >= 11 is 0. The number of aliphatic hydroxyl groups is 1. The van der Waals surface area contributed by atoms with E-state index in [0.29, 0.717) is 19.6 Å². The lowest BCUT2D eigenvalue weighted by Crippen LogP contribution is -2.05. The fourth-order valence-electron chi connectivity index (χ4n) is 4.17. The van der Waals surface area contributed by atoms with Gasteiger partial charge in [0.1, 0.15) is 0 Å². The SMILES string of the molecule is CCCCCCCCCCCCCCCC(=O)OCCCCCCCCCCCCO. The second-order valence-electron chi connectivity index (χ2n) is 9.47. The minimum atomic E-state index is 0.00551. The largest absolute Gasteiger partial charge is 0.466 e. The van der Waals surface area contributed by atoms with Crippen LogP contribution in [0, 0.1) is 0 Å². The highest BCUT2D eigenvalue weighted by Crippen LogP contribution is 2.13. The molecule has 0 amide bonds. The summed E-state index contributed by atoms with van der Waals surface area (Å²) in [5.41, 5.74) is 0. The molecule has 0 saturated heterocycles. The summed E-state index contributed by atoms with van der Waals surface area (Å²) in [6.07, 6.45) is 30.0. The highest BCUT2D eigenvalue weighted by Gasteiger charge is 2.02. The number of rotatable bonds is 26. The van der Waals surface area contributed by atoms with E-state index >= 15 is 0 Å². The molecule has 0 aliphatic rings. The van der Waals surface area contributed by atoms with E-state index in [1.54, 1.807) is 0 Å². The van der Waals surface area contributed by atoms with Gasteiger partial charge in [-0.3, -0.25) is 4.79 Å². The summed E-state index contributed by atoms with van der Waals surface area (Å²) in [6.45, 7) is 3.22. The van der Waals surface area contributed by atoms with Crippen LogP contribution in [0.1, 0.15) is 161 Å². The molecule has 3 nitrogen and oxygen atoms in total. The van der Waals surface area contributed by atoms with Crippen LogP contribution in [0.5, 0.6) is 0 Å². The standard InChI is InChI=1S/C28H56O3/c1-2-3-4-5-6-7-8-9-10-13-16-19-22-25-28(30)31-27-24-21-18-15-12-11-14-17-20-23-26-29/h29H,2-27H2,1H3. The van der Waals surface area contributed by atoms with E-state index in [-0.39, 0.29) is 5.97 Å². The number of carbonyl (C=O) groups excluding carboxylic acids is 1. The predicted molar refractivity (Wildman–Crippen MR) is 135 cm³/mol. The zero-order valence-electron chi connectivity index (χ0n) is 21.1. The van der Waals surface area contributed by atoms with Crippen molar-refractivity contribution in [2.24, 2.45) is 0 Å². The van der Waals surface area contributed by atoms with Crippen LogP contribution >= 0.6 is 0 Å². The summed E-state index contributed by atoms with van der Waals surface area (Å²) < 4.78 is 5.37. The van der Waals surface area contributed by atoms with Gasteiger partial charge in [-0.1, -0.05) is 135 Å². The van der Waals surface area contributed by atoms with Gasteiger partial charge in [-0.15, -0.1) is 0 Å². The minimum Gasteiger partial charge on any atom is -0.466 e. The molecule has 186 valence electrons. The van der Waals surface area contributed by atoms with Crippen molar-refractivity contribution < 1.29 is 14.6 Å². The van der Waals surface area contributed by atoms with Crippen molar-refractivity contribution in [2.45, 2.75) is 161 Å². The van der Waals surface area contributed by atoms with Gasteiger partial charge in [-0.05, 0) is 19.3 Å². The molecule has 0 rings (SSSR count). The van der Waals surface area contributed by atoms with Crippen LogP contribution in [0.4, 0.5) is 0 Å². The zero-order chi connectivity index (χ0) is 22.7. The van der Waals surface area contributed by atoms with Crippen molar-refractivity contribution in [3.63, 3.8) is 0 Å². The van der Waals surface area contributed by atoms with E-state index in [1.807, 2.05) is 0 Å². The summed E-state index contributed by atoms with van der Waals surface area (Å²) in [5, 5.41) is 8.74. The molecule has 3 heteroatoms. The molecule has 31 heavy (non-hydrogen) atoms. The van der Waals surface area contributed by atoms with E-state index in [0.717, 1.165) is 19.3 Å². The predicted octanol–water partition coefficient (Wildman–Crippen LogP) is 8.90. The van der Waals surface area contributed by atoms with Gasteiger partial charge in [-0.25, -0.2) is 0 Å². The molecular weight excluding hydrogens is 384 g/mol. The van der Waals surface area contributed by atoms with E-state index in [2.05, 4.69) is 6.92 Å². The monoisotopic (exact) mass is 440 g/mol. The van der Waals surface area contributed by atoms with Gasteiger partial charge in [0.15, 0.2) is 0 Å². The van der Waals surface area contributed by atoms with Crippen molar-refractivity contribution in [3.05, 3.63) is 0 Å². The summed E-state index contributed by atoms with van der Waals surface area (Å²) in [4.78, 5) is 11.8. The fourth-order valence-corrected chi connectivity index (χ4v) is 4.17. The maximum atomic E-state index is 11.8. The molecular formula is C28H56O3. The molecule has 1 N–H and O–H groups in total. The quantitative estimate of drug-likeness (QED) is 0.108. The molecule has 0 radical (unpaired) electrons. The van der Waals surface area contributed by atoms with Crippen LogP contribution in [0.2, 0.25) is 0 Å². The first-order valence-corrected chi connectivity index (χ1v) is 14.1. The smallest absolute Gasteiger partial charge is 0.305 e. The van der Waals surface area contributed by atoms with Crippen molar-refractivity contribution >= 4 is 5.97 Å². The van der Waals surface area contributed by atoms with Gasteiger partial charge in [0.2, 0.25) is 0 Å². The number of unbranched alkanes of at least 4 members (excludes halogenated alkanes) is 21. The first-order valence-electron chi connectivity index (χ1n) is 14.1. The summed E-state index contributed by atoms with van der Waals surface area (Å²) in [7, 11) is 0. The number of ether oxygens (including phenoxy) is 1. The number of aliphatic hydroxyl groups excluding tert-OH is 1. The molecule has 0 aromatic rings. The van der Waals surface area contributed by atoms with E-state index in [4.69, 9.17) is 9.84 Å². The van der Waals surface area contributed by atoms with Crippen molar-refractivity contribution in [3.8, 4) is 0 Å². The third-order valence-corrected chi connectivity index (χ3v) is 6.30. The Morgan fingerprint density at radius 3 is 1.29 bits per heavy atom. The van der Waals surface area contributed by atoms with Crippen LogP contribution in [0.15, 0.2) is 0 Å². The second kappa shape index (κ2) is 27.5. The second-order valence-corrected chi connectivity index (χ2v) is 9.47. The number of esters is 1. The highest BCUT2D eigenvalue weighted by atomic mass is 16.5. The van der Waals surface area contributed by atoms with Gasteiger partial charge < -0.3 is 9.84 Å². The number of hydrogen-bond acceptors (Lipinski definition) is 3. The Morgan fingerprint density at radius 2 is 0.871 bits per heavy atom. The molecule has 0 unspecified atom stereocenters. The minimum absolute atomic E-state index is 0.00551. The molecule has 0 aliphatic carbocycles. The molecule has 0 aromatic heterocycles. The average molecular weight is 441 g/mol. The molecule has 0 saturated carbocycles. The van der Waals surface area contributed by atoms with Gasteiger partial charge >= 0.3 is 5.97 Å². The lowest BCUT2D eigenvalue weighted by atomic mass is 10.0. The van der Waals surface area contributed by atoms with E-state index in [1.165, 1.54) is 128 Å². The van der Waals surface area contributed by atoms with Gasteiger partial charge in [0.05, 0.1) is 6.61 Å². The Bertz CT molecular complexity index is 343. The Hall–Kier alpha value is -0.570. The molecule has 0 heterocycles. The maximum Gasteiger partial charge on any atom is 0.305 e. The molecule has 0 spiro atoms. The van der Waals surface area contributed by atoms with Crippen LogP contribution in [-0.2, 0) is 9.53 Å². The first kappa shape index (κ1) is 30.4. The van der Waals surface area contributed by atoms with Crippen LogP contribution in [0.3, 0.4) is 0 Å². The molecule has 0 aliphatic heterocycles. The molecule has 0 aromatic carbocycles. The first-order chi connectivity index (χ1) is 15.3. The van der Waals surface area contributed by atoms with Crippen LogP contribution in [-0.4, -0.2) is 24.3 Å². The zero-order valence-corrected chi connectivity index (χ0v) is 21.1. The lowest BCUT2D eigenvalue weighted by Gasteiger charge is -2.06. The van der Waals surface area contributed by atoms with Gasteiger partial charge in [0.25, 0.3) is 0 Å². The number of hydrogen-bond donors (Lipinski definition) is 1. The van der Waals surface area contributed by atoms with Gasteiger partial charge in [0, 0.05) is 13.0 Å². The maximum absolute atomic E-state index is 11.8. The Balaban J connectivity index is 3.14. The normalized spacial score (nSPS) is 11.2. The van der Waals surface area contributed by atoms with Gasteiger partial charge in [-0.2, -0.15) is 0 Å². The lowest BCUT2D eigenvalue weighted by molar-refractivity contribution is -0.143. The third kappa shape index (κ3) is 27.4. The Labute approximate surface area is 195 Å². The topological polar surface area (TPSA) is 46.5 Å². The Morgan fingerprint density at radius 1 is 0.516 bits per heavy atom. The van der Waals surface area contributed by atoms with Crippen molar-refractivity contribution in [1.29, 1.82) is 0 Å². The molecule has 0 fully saturated rings. The summed E-state index contributed by atoms with van der Waals surface area (Å²) in [6, 6.07) is 0. The fraction of sp³-hybridized carbons (Fsp3) is 0.964. The van der Waals surface area contributed by atoms with Crippen molar-refractivity contribution in [1.82, 2.24) is 0 Å². The molecule has 0 bridgehead atoms. The van der Waals surface area contributed by atoms with Crippen molar-refractivity contribution in [2.75, 3.05) is 13.2 Å². The van der Waals surface area contributed by atoms with Crippen LogP contribution in [0.25, 0.3) is 0 Å². The third-order valence-electron chi connectivity index (χ3n) is 6.30. The molecule has 0 atom stereocenters. The number of carbonyl (C=O) groups is 1. The van der Waals surface area contributed by atoms with Crippen LogP contribution < -0.4 is 0 Å². The van der Waals surface area contributed by atoms with E-state index < -0.39 is 0 Å². The van der Waals surface area contributed by atoms with E-state index in [9.17, 15) is 4.79 Å². The average Bonchev–Trinajstić information content (AvgIpc) is 2.77.